The van der Waals surface area contributed by atoms with E-state index in [4.69, 9.17) is 17.3 Å². The third kappa shape index (κ3) is 4.71. The fourth-order valence-corrected chi connectivity index (χ4v) is 3.48. The Morgan fingerprint density at radius 3 is 2.68 bits per heavy atom. The summed E-state index contributed by atoms with van der Waals surface area (Å²) in [4.78, 5) is 12.6. The number of hydrogen-bond acceptors (Lipinski definition) is 3. The Labute approximate surface area is 124 Å². The first-order valence-corrected chi connectivity index (χ1v) is 7.61. The van der Waals surface area contributed by atoms with Crippen LogP contribution in [-0.2, 0) is 4.79 Å². The molecule has 0 fully saturated rings. The molecule has 1 amide bonds. The van der Waals surface area contributed by atoms with Crippen molar-refractivity contribution in [1.82, 2.24) is 5.32 Å². The second-order valence-corrected chi connectivity index (χ2v) is 6.68. The van der Waals surface area contributed by atoms with Gasteiger partial charge in [-0.15, -0.1) is 11.8 Å². The molecule has 106 valence electrons. The molecule has 1 aromatic rings. The lowest BCUT2D eigenvalue weighted by Gasteiger charge is -2.29. The highest BCUT2D eigenvalue weighted by molar-refractivity contribution is 8.00. The lowest BCUT2D eigenvalue weighted by atomic mass is 9.95. The van der Waals surface area contributed by atoms with Crippen LogP contribution >= 0.6 is 23.4 Å². The summed E-state index contributed by atoms with van der Waals surface area (Å²) in [5.74, 6) is -0.319. The van der Waals surface area contributed by atoms with Crippen molar-refractivity contribution < 1.29 is 4.79 Å². The van der Waals surface area contributed by atoms with Crippen molar-refractivity contribution in [3.8, 4) is 0 Å². The normalized spacial score (nSPS) is 15.8. The number of nitrogens with one attached hydrogen (secondary N) is 1. The summed E-state index contributed by atoms with van der Waals surface area (Å²) in [6.45, 7) is 6.60. The molecule has 1 aromatic carbocycles. The molecule has 0 aromatic heterocycles. The summed E-state index contributed by atoms with van der Waals surface area (Å²) in [5, 5.41) is 4.14. The van der Waals surface area contributed by atoms with Crippen molar-refractivity contribution in [2.75, 3.05) is 6.54 Å². The smallest absolute Gasteiger partial charge is 0.237 e. The lowest BCUT2D eigenvalue weighted by molar-refractivity contribution is -0.124. The topological polar surface area (TPSA) is 55.1 Å². The minimum Gasteiger partial charge on any atom is -0.368 e. The first kappa shape index (κ1) is 16.3. The zero-order valence-electron chi connectivity index (χ0n) is 11.6. The second-order valence-electron chi connectivity index (χ2n) is 4.79. The molecule has 19 heavy (non-hydrogen) atoms. The monoisotopic (exact) mass is 300 g/mol. The third-order valence-corrected chi connectivity index (χ3v) is 4.59. The van der Waals surface area contributed by atoms with Crippen LogP contribution < -0.4 is 11.1 Å². The summed E-state index contributed by atoms with van der Waals surface area (Å²) >= 11 is 7.80. The van der Waals surface area contributed by atoms with Gasteiger partial charge in [0.1, 0.15) is 0 Å². The predicted molar refractivity (Wildman–Crippen MR) is 82.7 cm³/mol. The number of halogens is 1. The van der Waals surface area contributed by atoms with Gasteiger partial charge in [0.05, 0.1) is 10.6 Å². The van der Waals surface area contributed by atoms with Gasteiger partial charge in [0.2, 0.25) is 5.91 Å². The number of likely N-dealkylation sites (N-methyl/N-ethyl adjacent to an activating group) is 1. The number of primary amides is 1. The third-order valence-electron chi connectivity index (χ3n) is 2.97. The second kappa shape index (κ2) is 7.17. The van der Waals surface area contributed by atoms with Gasteiger partial charge in [-0.05, 0) is 32.0 Å². The summed E-state index contributed by atoms with van der Waals surface area (Å²) in [6, 6.07) is 7.72. The van der Waals surface area contributed by atoms with Crippen LogP contribution in [0.5, 0.6) is 0 Å². The van der Waals surface area contributed by atoms with Crippen molar-refractivity contribution in [2.45, 2.75) is 42.9 Å². The zero-order valence-corrected chi connectivity index (χ0v) is 13.1. The molecule has 0 aliphatic carbocycles. The van der Waals surface area contributed by atoms with E-state index in [0.717, 1.165) is 9.92 Å². The maximum Gasteiger partial charge on any atom is 0.237 e. The highest BCUT2D eigenvalue weighted by Crippen LogP contribution is 2.33. The average molecular weight is 301 g/mol. The van der Waals surface area contributed by atoms with Crippen LogP contribution in [-0.4, -0.2) is 23.2 Å². The highest BCUT2D eigenvalue weighted by atomic mass is 35.5. The first-order valence-electron chi connectivity index (χ1n) is 6.35. The van der Waals surface area contributed by atoms with Crippen LogP contribution in [0.4, 0.5) is 0 Å². The number of rotatable bonds is 7. The molecule has 0 aliphatic heterocycles. The van der Waals surface area contributed by atoms with E-state index in [-0.39, 0.29) is 11.2 Å². The van der Waals surface area contributed by atoms with Gasteiger partial charge in [0.25, 0.3) is 0 Å². The Kier molecular flexibility index (Phi) is 6.17. The SMILES string of the molecule is CCNC(C)(CC(C)Sc1ccccc1Cl)C(N)=O. The number of benzene rings is 1. The molecule has 0 saturated heterocycles. The Hall–Kier alpha value is -0.710. The van der Waals surface area contributed by atoms with Crippen LogP contribution in [0.1, 0.15) is 27.2 Å². The summed E-state index contributed by atoms with van der Waals surface area (Å²) in [6.07, 6.45) is 0.659. The standard InChI is InChI=1S/C14H21ClN2OS/c1-4-17-14(3,13(16)18)9-10(2)19-12-8-6-5-7-11(12)15/h5-8,10,17H,4,9H2,1-3H3,(H2,16,18). The Balaban J connectivity index is 2.71. The van der Waals surface area contributed by atoms with Crippen LogP contribution in [0.3, 0.4) is 0 Å². The van der Waals surface area contributed by atoms with Gasteiger partial charge < -0.3 is 11.1 Å². The molecular formula is C14H21ClN2OS. The van der Waals surface area contributed by atoms with E-state index in [0.29, 0.717) is 13.0 Å². The van der Waals surface area contributed by atoms with Crippen LogP contribution in [0.25, 0.3) is 0 Å². The minimum atomic E-state index is -0.678. The van der Waals surface area contributed by atoms with Crippen LogP contribution in [0.2, 0.25) is 5.02 Å². The largest absolute Gasteiger partial charge is 0.368 e. The van der Waals surface area contributed by atoms with Gasteiger partial charge >= 0.3 is 0 Å². The van der Waals surface area contributed by atoms with E-state index in [1.165, 1.54) is 0 Å². The summed E-state index contributed by atoms with van der Waals surface area (Å²) < 4.78 is 0. The predicted octanol–water partition coefficient (Wildman–Crippen LogP) is 3.06. The van der Waals surface area contributed by atoms with Gasteiger partial charge in [-0.1, -0.05) is 37.6 Å². The number of amides is 1. The molecule has 0 spiro atoms. The molecule has 2 unspecified atom stereocenters. The van der Waals surface area contributed by atoms with E-state index < -0.39 is 5.54 Å². The zero-order chi connectivity index (χ0) is 14.5. The fourth-order valence-electron chi connectivity index (χ4n) is 2.02. The highest BCUT2D eigenvalue weighted by Gasteiger charge is 2.32. The molecule has 1 rings (SSSR count). The van der Waals surface area contributed by atoms with E-state index in [1.54, 1.807) is 11.8 Å². The van der Waals surface area contributed by atoms with Crippen molar-refractivity contribution >= 4 is 29.3 Å². The van der Waals surface area contributed by atoms with Crippen molar-refractivity contribution in [3.05, 3.63) is 29.3 Å². The molecule has 0 saturated carbocycles. The van der Waals surface area contributed by atoms with Crippen molar-refractivity contribution in [1.29, 1.82) is 0 Å². The van der Waals surface area contributed by atoms with E-state index in [2.05, 4.69) is 12.2 Å². The van der Waals surface area contributed by atoms with Crippen molar-refractivity contribution in [3.63, 3.8) is 0 Å². The number of carbonyl (C=O) groups is 1. The molecular weight excluding hydrogens is 280 g/mol. The number of carbonyl (C=O) groups excluding carboxylic acids is 1. The average Bonchev–Trinajstić information content (AvgIpc) is 2.32. The maximum absolute atomic E-state index is 11.6. The Morgan fingerprint density at radius 2 is 2.16 bits per heavy atom. The Morgan fingerprint density at radius 1 is 1.53 bits per heavy atom. The maximum atomic E-state index is 11.6. The van der Waals surface area contributed by atoms with E-state index in [9.17, 15) is 4.79 Å². The quantitative estimate of drug-likeness (QED) is 0.761. The molecule has 0 heterocycles. The lowest BCUT2D eigenvalue weighted by Crippen LogP contribution is -2.54. The molecule has 0 bridgehead atoms. The van der Waals surface area contributed by atoms with Gasteiger partial charge in [-0.3, -0.25) is 4.79 Å². The number of nitrogens with two attached hydrogens (primary N) is 1. The first-order chi connectivity index (χ1) is 8.89. The molecule has 3 N–H and O–H groups in total. The van der Waals surface area contributed by atoms with E-state index >= 15 is 0 Å². The summed E-state index contributed by atoms with van der Waals surface area (Å²) in [7, 11) is 0. The van der Waals surface area contributed by atoms with Crippen LogP contribution in [0.15, 0.2) is 29.2 Å². The van der Waals surface area contributed by atoms with Gasteiger partial charge in [0.15, 0.2) is 0 Å². The number of hydrogen-bond donors (Lipinski definition) is 2. The van der Waals surface area contributed by atoms with Crippen LogP contribution in [0, 0.1) is 0 Å². The minimum absolute atomic E-state index is 0.233. The van der Waals surface area contributed by atoms with E-state index in [1.807, 2.05) is 38.1 Å². The Bertz CT molecular complexity index is 441. The fraction of sp³-hybridized carbons (Fsp3) is 0.500. The molecule has 3 nitrogen and oxygen atoms in total. The van der Waals surface area contributed by atoms with Crippen molar-refractivity contribution in [2.24, 2.45) is 5.73 Å². The summed E-state index contributed by atoms with van der Waals surface area (Å²) in [5.41, 5.74) is 4.81. The van der Waals surface area contributed by atoms with Gasteiger partial charge in [-0.25, -0.2) is 0 Å². The number of thioether (sulfide) groups is 1. The molecule has 0 aliphatic rings. The van der Waals surface area contributed by atoms with Gasteiger partial charge in [0, 0.05) is 10.1 Å². The molecule has 2 atom stereocenters. The molecule has 5 heteroatoms. The molecule has 0 radical (unpaired) electrons. The van der Waals surface area contributed by atoms with Gasteiger partial charge in [-0.2, -0.15) is 0 Å².